The minimum absolute atomic E-state index is 0.380. The molecule has 1 rings (SSSR count). The van der Waals surface area contributed by atoms with E-state index in [1.807, 2.05) is 12.1 Å². The Kier molecular flexibility index (Phi) is 5.81. The molecule has 0 aliphatic carbocycles. The van der Waals surface area contributed by atoms with E-state index in [2.05, 4.69) is 48.1 Å². The van der Waals surface area contributed by atoms with E-state index in [9.17, 15) is 0 Å². The van der Waals surface area contributed by atoms with Crippen molar-refractivity contribution >= 4 is 27.5 Å². The lowest BCUT2D eigenvalue weighted by Crippen LogP contribution is -2.26. The minimum Gasteiger partial charge on any atom is -0.310 e. The van der Waals surface area contributed by atoms with E-state index < -0.39 is 0 Å². The van der Waals surface area contributed by atoms with Gasteiger partial charge >= 0.3 is 0 Å². The molecule has 1 N–H and O–H groups in total. The third-order valence-corrected chi connectivity index (χ3v) is 3.56. The first-order chi connectivity index (χ1) is 7.58. The van der Waals surface area contributed by atoms with Crippen LogP contribution in [0.15, 0.2) is 22.7 Å². The second-order valence-electron chi connectivity index (χ2n) is 4.12. The van der Waals surface area contributed by atoms with Gasteiger partial charge in [0.2, 0.25) is 0 Å². The number of benzene rings is 1. The van der Waals surface area contributed by atoms with Crippen LogP contribution in [0, 0.1) is 5.92 Å². The monoisotopic (exact) mass is 303 g/mol. The molecule has 16 heavy (non-hydrogen) atoms. The molecule has 1 aromatic carbocycles. The van der Waals surface area contributed by atoms with Gasteiger partial charge in [-0.3, -0.25) is 0 Å². The summed E-state index contributed by atoms with van der Waals surface area (Å²) < 4.78 is 1.04. The van der Waals surface area contributed by atoms with Crippen molar-refractivity contribution in [3.8, 4) is 0 Å². The van der Waals surface area contributed by atoms with Gasteiger partial charge in [-0.1, -0.05) is 54.7 Å². The summed E-state index contributed by atoms with van der Waals surface area (Å²) in [5.41, 5.74) is 1.26. The first-order valence-electron chi connectivity index (χ1n) is 5.77. The summed E-state index contributed by atoms with van der Waals surface area (Å²) in [7, 11) is 0. The van der Waals surface area contributed by atoms with E-state index in [1.165, 1.54) is 5.56 Å². The molecule has 0 aliphatic heterocycles. The van der Waals surface area contributed by atoms with Gasteiger partial charge in [-0.2, -0.15) is 0 Å². The van der Waals surface area contributed by atoms with Gasteiger partial charge < -0.3 is 5.32 Å². The van der Waals surface area contributed by atoms with Gasteiger partial charge in [0, 0.05) is 15.5 Å². The summed E-state index contributed by atoms with van der Waals surface area (Å²) in [4.78, 5) is 0. The summed E-state index contributed by atoms with van der Waals surface area (Å²) >= 11 is 9.58. The Balaban J connectivity index is 3.00. The third-order valence-electron chi connectivity index (χ3n) is 2.88. The van der Waals surface area contributed by atoms with Crippen LogP contribution in [0.2, 0.25) is 5.02 Å². The van der Waals surface area contributed by atoms with Crippen LogP contribution in [0.4, 0.5) is 0 Å². The third kappa shape index (κ3) is 3.76. The zero-order chi connectivity index (χ0) is 12.1. The number of nitrogens with one attached hydrogen (secondary N) is 1. The summed E-state index contributed by atoms with van der Waals surface area (Å²) in [6.07, 6.45) is 1.15. The van der Waals surface area contributed by atoms with E-state index in [-0.39, 0.29) is 0 Å². The molecule has 0 spiro atoms. The van der Waals surface area contributed by atoms with Gasteiger partial charge in [0.25, 0.3) is 0 Å². The molecule has 2 unspecified atom stereocenters. The van der Waals surface area contributed by atoms with Crippen LogP contribution in [0.5, 0.6) is 0 Å². The number of hydrogen-bond donors (Lipinski definition) is 1. The van der Waals surface area contributed by atoms with Crippen molar-refractivity contribution in [3.63, 3.8) is 0 Å². The highest BCUT2D eigenvalue weighted by atomic mass is 79.9. The van der Waals surface area contributed by atoms with E-state index in [0.717, 1.165) is 22.5 Å². The zero-order valence-electron chi connectivity index (χ0n) is 10.1. The van der Waals surface area contributed by atoms with Crippen LogP contribution < -0.4 is 5.32 Å². The first kappa shape index (κ1) is 14.0. The lowest BCUT2D eigenvalue weighted by molar-refractivity contribution is 0.384. The van der Waals surface area contributed by atoms with Gasteiger partial charge in [0.05, 0.1) is 0 Å². The van der Waals surface area contributed by atoms with Gasteiger partial charge in [-0.25, -0.2) is 0 Å². The van der Waals surface area contributed by atoms with E-state index >= 15 is 0 Å². The number of halogens is 2. The van der Waals surface area contributed by atoms with Crippen LogP contribution in [-0.4, -0.2) is 6.54 Å². The SMILES string of the molecule is CCNC(c1cc(Cl)cc(Br)c1)C(C)CC. The molecule has 0 fully saturated rings. The van der Waals surface area contributed by atoms with Gasteiger partial charge in [-0.15, -0.1) is 0 Å². The fraction of sp³-hybridized carbons (Fsp3) is 0.538. The Labute approximate surface area is 112 Å². The van der Waals surface area contributed by atoms with E-state index in [0.29, 0.717) is 12.0 Å². The van der Waals surface area contributed by atoms with Crippen molar-refractivity contribution in [2.24, 2.45) is 5.92 Å². The van der Waals surface area contributed by atoms with Crippen molar-refractivity contribution in [1.29, 1.82) is 0 Å². The minimum atomic E-state index is 0.380. The predicted octanol–water partition coefficient (Wildman–Crippen LogP) is 4.80. The van der Waals surface area contributed by atoms with Crippen molar-refractivity contribution in [3.05, 3.63) is 33.3 Å². The largest absolute Gasteiger partial charge is 0.310 e. The molecule has 0 amide bonds. The lowest BCUT2D eigenvalue weighted by atomic mass is 9.92. The second kappa shape index (κ2) is 6.63. The molecular formula is C13H19BrClN. The Morgan fingerprint density at radius 2 is 2.00 bits per heavy atom. The van der Waals surface area contributed by atoms with Crippen LogP contribution in [-0.2, 0) is 0 Å². The second-order valence-corrected chi connectivity index (χ2v) is 5.48. The smallest absolute Gasteiger partial charge is 0.0420 e. The lowest BCUT2D eigenvalue weighted by Gasteiger charge is -2.24. The molecule has 1 aromatic rings. The summed E-state index contributed by atoms with van der Waals surface area (Å²) in [5, 5.41) is 4.31. The van der Waals surface area contributed by atoms with Gasteiger partial charge in [-0.05, 0) is 36.2 Å². The molecule has 0 saturated heterocycles. The molecule has 90 valence electrons. The molecule has 3 heteroatoms. The molecule has 2 atom stereocenters. The maximum absolute atomic E-state index is 6.08. The summed E-state index contributed by atoms with van der Waals surface area (Å²) in [6.45, 7) is 7.59. The normalized spacial score (nSPS) is 14.8. The highest BCUT2D eigenvalue weighted by molar-refractivity contribution is 9.10. The van der Waals surface area contributed by atoms with E-state index in [4.69, 9.17) is 11.6 Å². The number of hydrogen-bond acceptors (Lipinski definition) is 1. The van der Waals surface area contributed by atoms with Crippen molar-refractivity contribution in [2.45, 2.75) is 33.2 Å². The topological polar surface area (TPSA) is 12.0 Å². The molecule has 0 aromatic heterocycles. The predicted molar refractivity (Wildman–Crippen MR) is 75.0 cm³/mol. The quantitative estimate of drug-likeness (QED) is 0.824. The molecule has 0 bridgehead atoms. The summed E-state index contributed by atoms with van der Waals surface area (Å²) in [6, 6.07) is 6.49. The summed E-state index contributed by atoms with van der Waals surface area (Å²) in [5.74, 6) is 0.602. The van der Waals surface area contributed by atoms with E-state index in [1.54, 1.807) is 0 Å². The van der Waals surface area contributed by atoms with Crippen molar-refractivity contribution in [2.75, 3.05) is 6.54 Å². The molecule has 0 aliphatic rings. The van der Waals surface area contributed by atoms with Gasteiger partial charge in [0.1, 0.15) is 0 Å². The zero-order valence-corrected chi connectivity index (χ0v) is 12.4. The maximum Gasteiger partial charge on any atom is 0.0420 e. The van der Waals surface area contributed by atoms with Crippen LogP contribution in [0.25, 0.3) is 0 Å². The molecule has 1 nitrogen and oxygen atoms in total. The highest BCUT2D eigenvalue weighted by Crippen LogP contribution is 2.29. The fourth-order valence-electron chi connectivity index (χ4n) is 1.86. The average molecular weight is 305 g/mol. The Hall–Kier alpha value is -0.0500. The van der Waals surface area contributed by atoms with Crippen molar-refractivity contribution < 1.29 is 0 Å². The fourth-order valence-corrected chi connectivity index (χ4v) is 2.74. The van der Waals surface area contributed by atoms with Crippen LogP contribution in [0.1, 0.15) is 38.8 Å². The Bertz CT molecular complexity index is 320. The first-order valence-corrected chi connectivity index (χ1v) is 6.95. The Morgan fingerprint density at radius 1 is 1.31 bits per heavy atom. The number of rotatable bonds is 5. The molecule has 0 radical (unpaired) electrons. The molecule has 0 heterocycles. The standard InChI is InChI=1S/C13H19BrClN/c1-4-9(3)13(16-5-2)10-6-11(14)8-12(15)7-10/h6-9,13,16H,4-5H2,1-3H3. The van der Waals surface area contributed by atoms with Crippen LogP contribution >= 0.6 is 27.5 Å². The molecular weight excluding hydrogens is 286 g/mol. The average Bonchev–Trinajstić information content (AvgIpc) is 2.23. The van der Waals surface area contributed by atoms with Crippen LogP contribution in [0.3, 0.4) is 0 Å². The van der Waals surface area contributed by atoms with Crippen molar-refractivity contribution in [1.82, 2.24) is 5.32 Å². The van der Waals surface area contributed by atoms with Gasteiger partial charge in [0.15, 0.2) is 0 Å². The highest BCUT2D eigenvalue weighted by Gasteiger charge is 2.17. The maximum atomic E-state index is 6.08. The Morgan fingerprint density at radius 3 is 2.50 bits per heavy atom. The molecule has 0 saturated carbocycles.